The van der Waals surface area contributed by atoms with E-state index < -0.39 is 0 Å². The highest BCUT2D eigenvalue weighted by Gasteiger charge is 2.31. The number of piperazine rings is 1. The summed E-state index contributed by atoms with van der Waals surface area (Å²) < 4.78 is 2.36. The number of rotatable bonds is 5. The summed E-state index contributed by atoms with van der Waals surface area (Å²) in [5.41, 5.74) is 5.42. The van der Waals surface area contributed by atoms with Crippen molar-refractivity contribution >= 4 is 34.4 Å². The third-order valence-electron chi connectivity index (χ3n) is 7.69. The number of carbonyl (C=O) groups excluding carboxylic acids is 1. The Morgan fingerprint density at radius 2 is 1.64 bits per heavy atom. The predicted octanol–water partition coefficient (Wildman–Crippen LogP) is 5.38. The number of fused-ring (bicyclic) bond motifs is 1. The second kappa shape index (κ2) is 11.3. The first-order chi connectivity index (χ1) is 19.0. The van der Waals surface area contributed by atoms with E-state index in [2.05, 4.69) is 79.5 Å². The summed E-state index contributed by atoms with van der Waals surface area (Å²) in [5.74, 6) is 1.15. The van der Waals surface area contributed by atoms with Crippen molar-refractivity contribution in [1.82, 2.24) is 24.2 Å². The Balaban J connectivity index is 1.05. The molecule has 0 radical (unpaired) electrons. The van der Waals surface area contributed by atoms with Gasteiger partial charge in [-0.1, -0.05) is 30.3 Å². The minimum Gasteiger partial charge on any atom is -0.367 e. The SMILES string of the molecule is Cc1cc(N2CCN(C(=O)C3CCCN(Sc4ccc(-c5cnc(C)nc5)cc4)C3)CC2)c2ccccc2n1. The van der Waals surface area contributed by atoms with Gasteiger partial charge in [-0.25, -0.2) is 14.3 Å². The van der Waals surface area contributed by atoms with Gasteiger partial charge in [-0.3, -0.25) is 9.78 Å². The lowest BCUT2D eigenvalue weighted by molar-refractivity contribution is -0.136. The van der Waals surface area contributed by atoms with Gasteiger partial charge in [0.25, 0.3) is 0 Å². The van der Waals surface area contributed by atoms with Gasteiger partial charge in [-0.05, 0) is 68.5 Å². The smallest absolute Gasteiger partial charge is 0.227 e. The van der Waals surface area contributed by atoms with Crippen LogP contribution in [0.1, 0.15) is 24.4 Å². The van der Waals surface area contributed by atoms with Crippen LogP contribution in [0.25, 0.3) is 22.0 Å². The third-order valence-corrected chi connectivity index (χ3v) is 8.76. The lowest BCUT2D eigenvalue weighted by Crippen LogP contribution is -2.52. The van der Waals surface area contributed by atoms with Crippen LogP contribution in [0.4, 0.5) is 5.69 Å². The summed E-state index contributed by atoms with van der Waals surface area (Å²) in [5, 5.41) is 1.18. The molecule has 0 spiro atoms. The monoisotopic (exact) mass is 538 g/mol. The average Bonchev–Trinajstić information content (AvgIpc) is 2.97. The number of hydrogen-bond acceptors (Lipinski definition) is 7. The molecule has 6 rings (SSSR count). The van der Waals surface area contributed by atoms with Crippen LogP contribution < -0.4 is 4.90 Å². The summed E-state index contributed by atoms with van der Waals surface area (Å²) in [6.45, 7) is 8.98. The number of nitrogens with zero attached hydrogens (tertiary/aromatic N) is 6. The number of aryl methyl sites for hydroxylation is 2. The molecular weight excluding hydrogens is 504 g/mol. The van der Waals surface area contributed by atoms with Gasteiger partial charge in [-0.15, -0.1) is 0 Å². The van der Waals surface area contributed by atoms with Crippen LogP contribution in [0.15, 0.2) is 71.9 Å². The van der Waals surface area contributed by atoms with Crippen molar-refractivity contribution in [2.45, 2.75) is 31.6 Å². The third kappa shape index (κ3) is 5.77. The van der Waals surface area contributed by atoms with Crippen molar-refractivity contribution in [2.75, 3.05) is 44.2 Å². The number of amides is 1. The number of para-hydroxylation sites is 1. The fourth-order valence-electron chi connectivity index (χ4n) is 5.60. The maximum atomic E-state index is 13.5. The molecule has 0 bridgehead atoms. The van der Waals surface area contributed by atoms with E-state index in [-0.39, 0.29) is 5.92 Å². The van der Waals surface area contributed by atoms with Crippen molar-refractivity contribution in [3.05, 3.63) is 78.5 Å². The molecule has 2 aromatic heterocycles. The summed E-state index contributed by atoms with van der Waals surface area (Å²) >= 11 is 1.76. The molecule has 2 aliphatic heterocycles. The van der Waals surface area contributed by atoms with Crippen LogP contribution in [0.2, 0.25) is 0 Å². The minimum absolute atomic E-state index is 0.0609. The molecule has 39 heavy (non-hydrogen) atoms. The summed E-state index contributed by atoms with van der Waals surface area (Å²) in [4.78, 5) is 32.5. The molecule has 1 unspecified atom stereocenters. The number of anilines is 1. The van der Waals surface area contributed by atoms with Crippen LogP contribution in [0.3, 0.4) is 0 Å². The van der Waals surface area contributed by atoms with Crippen molar-refractivity contribution in [2.24, 2.45) is 5.92 Å². The minimum atomic E-state index is 0.0609. The highest BCUT2D eigenvalue weighted by molar-refractivity contribution is 7.97. The molecular formula is C31H34N6OS. The zero-order valence-corrected chi connectivity index (χ0v) is 23.4. The Morgan fingerprint density at radius 3 is 2.41 bits per heavy atom. The summed E-state index contributed by atoms with van der Waals surface area (Å²) in [6.07, 6.45) is 5.75. The Hall–Kier alpha value is -3.49. The second-order valence-corrected chi connectivity index (χ2v) is 11.6. The summed E-state index contributed by atoms with van der Waals surface area (Å²) in [7, 11) is 0. The first-order valence-electron chi connectivity index (χ1n) is 13.8. The fraction of sp³-hybridized carbons (Fsp3) is 0.355. The number of piperidine rings is 1. The molecule has 8 heteroatoms. The molecule has 2 fully saturated rings. The zero-order valence-electron chi connectivity index (χ0n) is 22.6. The number of benzene rings is 2. The van der Waals surface area contributed by atoms with Gasteiger partial charge in [0.1, 0.15) is 5.82 Å². The van der Waals surface area contributed by atoms with Gasteiger partial charge in [0.05, 0.1) is 11.4 Å². The lowest BCUT2D eigenvalue weighted by atomic mass is 9.97. The highest BCUT2D eigenvalue weighted by atomic mass is 32.2. The fourth-order valence-corrected chi connectivity index (χ4v) is 6.63. The Labute approximate surface area is 234 Å². The van der Waals surface area contributed by atoms with Crippen LogP contribution in [0.5, 0.6) is 0 Å². The van der Waals surface area contributed by atoms with E-state index in [1.807, 2.05) is 25.4 Å². The standard InChI is InChI=1S/C31H34N6OS/c1-22-18-30(28-7-3-4-8-29(28)34-22)35-14-16-36(17-15-35)31(38)25-6-5-13-37(21-25)39-27-11-9-24(10-12-27)26-19-32-23(2)33-20-26/h3-4,7-12,18-20,25H,5-6,13-17,21H2,1-2H3. The van der Waals surface area contributed by atoms with E-state index >= 15 is 0 Å². The van der Waals surface area contributed by atoms with Crippen molar-refractivity contribution in [1.29, 1.82) is 0 Å². The van der Waals surface area contributed by atoms with Gasteiger partial charge in [0.2, 0.25) is 5.91 Å². The van der Waals surface area contributed by atoms with E-state index in [0.717, 1.165) is 80.3 Å². The normalized spacial score (nSPS) is 18.5. The predicted molar refractivity (Wildman–Crippen MR) is 158 cm³/mol. The molecule has 2 aliphatic rings. The van der Waals surface area contributed by atoms with E-state index in [9.17, 15) is 4.79 Å². The van der Waals surface area contributed by atoms with Crippen LogP contribution in [-0.4, -0.2) is 69.3 Å². The van der Waals surface area contributed by atoms with E-state index in [1.54, 1.807) is 11.9 Å². The van der Waals surface area contributed by atoms with Crippen LogP contribution >= 0.6 is 11.9 Å². The van der Waals surface area contributed by atoms with E-state index in [4.69, 9.17) is 4.98 Å². The Morgan fingerprint density at radius 1 is 0.897 bits per heavy atom. The largest absolute Gasteiger partial charge is 0.367 e. The molecule has 1 amide bonds. The molecule has 0 N–H and O–H groups in total. The Kier molecular flexibility index (Phi) is 7.48. The van der Waals surface area contributed by atoms with Gasteiger partial charge in [0, 0.05) is 78.9 Å². The first-order valence-corrected chi connectivity index (χ1v) is 14.5. The average molecular weight is 539 g/mol. The second-order valence-electron chi connectivity index (χ2n) is 10.5. The molecule has 4 heterocycles. The molecule has 2 saturated heterocycles. The van der Waals surface area contributed by atoms with Gasteiger partial charge < -0.3 is 9.80 Å². The number of pyridine rings is 1. The van der Waals surface area contributed by atoms with Crippen LogP contribution in [-0.2, 0) is 4.79 Å². The lowest BCUT2D eigenvalue weighted by Gasteiger charge is -2.39. The topological polar surface area (TPSA) is 65.5 Å². The number of hydrogen-bond donors (Lipinski definition) is 0. The van der Waals surface area contributed by atoms with Crippen molar-refractivity contribution in [3.8, 4) is 11.1 Å². The van der Waals surface area contributed by atoms with Crippen molar-refractivity contribution in [3.63, 3.8) is 0 Å². The molecule has 7 nitrogen and oxygen atoms in total. The quantitative estimate of drug-likeness (QED) is 0.316. The molecule has 2 aromatic carbocycles. The van der Waals surface area contributed by atoms with E-state index in [1.165, 1.54) is 16.0 Å². The molecule has 200 valence electrons. The van der Waals surface area contributed by atoms with Gasteiger partial charge >= 0.3 is 0 Å². The maximum absolute atomic E-state index is 13.5. The van der Waals surface area contributed by atoms with Crippen molar-refractivity contribution < 1.29 is 4.79 Å². The maximum Gasteiger partial charge on any atom is 0.227 e. The highest BCUT2D eigenvalue weighted by Crippen LogP contribution is 2.32. The van der Waals surface area contributed by atoms with Gasteiger partial charge in [0.15, 0.2) is 0 Å². The van der Waals surface area contributed by atoms with E-state index in [0.29, 0.717) is 5.91 Å². The number of aromatic nitrogens is 3. The molecule has 4 aromatic rings. The first kappa shape index (κ1) is 25.8. The van der Waals surface area contributed by atoms with Crippen LogP contribution in [0, 0.1) is 19.8 Å². The summed E-state index contributed by atoms with van der Waals surface area (Å²) in [6, 6.07) is 19.0. The molecule has 0 saturated carbocycles. The Bertz CT molecular complexity index is 1450. The molecule has 0 aliphatic carbocycles. The zero-order chi connectivity index (χ0) is 26.8. The number of carbonyl (C=O) groups is 1. The van der Waals surface area contributed by atoms with Gasteiger partial charge in [-0.2, -0.15) is 0 Å². The molecule has 1 atom stereocenters.